The second-order valence-electron chi connectivity index (χ2n) is 15.5. The van der Waals surface area contributed by atoms with Crippen LogP contribution < -0.4 is 19.1 Å². The van der Waals surface area contributed by atoms with Crippen LogP contribution >= 0.6 is 22.9 Å². The molecule has 0 spiro atoms. The van der Waals surface area contributed by atoms with Crippen molar-refractivity contribution in [2.45, 2.75) is 45.1 Å². The van der Waals surface area contributed by atoms with Gasteiger partial charge in [-0.2, -0.15) is 18.2 Å². The number of rotatable bonds is 11. The molecule has 18 heteroatoms. The molecule has 4 bridgehead atoms. The smallest absolute Gasteiger partial charge is 0.392 e. The molecule has 6 aromatic rings. The van der Waals surface area contributed by atoms with E-state index in [1.165, 1.54) is 36.0 Å². The van der Waals surface area contributed by atoms with Gasteiger partial charge in [-0.15, -0.1) is 11.3 Å². The fourth-order valence-corrected chi connectivity index (χ4v) is 9.17. The molecule has 0 aliphatic carbocycles. The minimum Gasteiger partial charge on any atom is -0.487 e. The maximum atomic E-state index is 14.2. The summed E-state index contributed by atoms with van der Waals surface area (Å²) in [5, 5.41) is 11.8. The second kappa shape index (κ2) is 19.0. The SMILES string of the molecule is Cc1c2ccc(c1Cl)N(CCN1CCN(C)CC1)CCc1ccc(OCc3ccnc(OCCC(F)(F)F)n3)c(c1)C[C@H](C(=O)O)Oc1ncnc3sc(-c4ccc(F)cc4)c-2c13. The van der Waals surface area contributed by atoms with Crippen LogP contribution in [0.4, 0.5) is 23.2 Å². The Morgan fingerprint density at radius 3 is 2.54 bits per heavy atom. The fourth-order valence-electron chi connectivity index (χ4n) is 7.73. The zero-order valence-corrected chi connectivity index (χ0v) is 36.1. The van der Waals surface area contributed by atoms with E-state index in [4.69, 9.17) is 25.8 Å². The van der Waals surface area contributed by atoms with Crippen molar-refractivity contribution < 1.29 is 41.7 Å². The number of halogens is 5. The predicted molar refractivity (Wildman–Crippen MR) is 233 cm³/mol. The highest BCUT2D eigenvalue weighted by atomic mass is 35.5. The summed E-state index contributed by atoms with van der Waals surface area (Å²) in [6, 6.07) is 17.1. The number of likely N-dealkylation sites (N-methyl/N-ethyl adjacent to an activating group) is 1. The van der Waals surface area contributed by atoms with Crippen LogP contribution in [-0.2, 0) is 24.2 Å². The maximum Gasteiger partial charge on any atom is 0.392 e. The summed E-state index contributed by atoms with van der Waals surface area (Å²) < 4.78 is 70.2. The van der Waals surface area contributed by atoms with E-state index in [-0.39, 0.29) is 30.7 Å². The van der Waals surface area contributed by atoms with Crippen molar-refractivity contribution >= 4 is 44.8 Å². The van der Waals surface area contributed by atoms with E-state index in [9.17, 15) is 27.5 Å². The number of aromatic nitrogens is 4. The molecule has 3 aromatic carbocycles. The van der Waals surface area contributed by atoms with Crippen molar-refractivity contribution in [3.63, 3.8) is 0 Å². The van der Waals surface area contributed by atoms with Gasteiger partial charge in [-0.3, -0.25) is 4.90 Å². The zero-order chi connectivity index (χ0) is 44.3. The third-order valence-electron chi connectivity index (χ3n) is 11.2. The number of piperazine rings is 1. The molecule has 1 fully saturated rings. The summed E-state index contributed by atoms with van der Waals surface area (Å²) >= 11 is 8.76. The second-order valence-corrected chi connectivity index (χ2v) is 16.9. The van der Waals surface area contributed by atoms with Crippen LogP contribution in [0, 0.1) is 12.7 Å². The van der Waals surface area contributed by atoms with E-state index in [0.29, 0.717) is 57.3 Å². The molecule has 6 heterocycles. The molecule has 3 aromatic heterocycles. The van der Waals surface area contributed by atoms with E-state index in [2.05, 4.69) is 41.7 Å². The van der Waals surface area contributed by atoms with E-state index in [1.54, 1.807) is 24.3 Å². The normalized spacial score (nSPS) is 16.3. The van der Waals surface area contributed by atoms with Crippen molar-refractivity contribution in [3.8, 4) is 39.2 Å². The number of nitrogens with zero attached hydrogens (tertiary/aromatic N) is 7. The lowest BCUT2D eigenvalue weighted by molar-refractivity contribution is -0.145. The monoisotopic (exact) mass is 905 g/mol. The molecule has 3 aliphatic rings. The zero-order valence-electron chi connectivity index (χ0n) is 34.5. The molecule has 0 radical (unpaired) electrons. The first kappa shape index (κ1) is 44.0. The highest BCUT2D eigenvalue weighted by Crippen LogP contribution is 2.49. The Hall–Kier alpha value is -5.62. The molecule has 1 N–H and O–H groups in total. The summed E-state index contributed by atoms with van der Waals surface area (Å²) in [7, 11) is 2.13. The predicted octanol–water partition coefficient (Wildman–Crippen LogP) is 8.51. The lowest BCUT2D eigenvalue weighted by atomic mass is 9.95. The maximum absolute atomic E-state index is 14.2. The molecule has 1 atom stereocenters. The average Bonchev–Trinajstić information content (AvgIpc) is 3.65. The lowest BCUT2D eigenvalue weighted by Crippen LogP contribution is -2.47. The molecule has 0 saturated carbocycles. The number of hydrogen-bond donors (Lipinski definition) is 1. The van der Waals surface area contributed by atoms with Gasteiger partial charge in [0.15, 0.2) is 0 Å². The number of alkyl halides is 3. The number of hydrogen-bond acceptors (Lipinski definition) is 12. The van der Waals surface area contributed by atoms with Crippen LogP contribution in [0.25, 0.3) is 31.8 Å². The number of aliphatic carboxylic acids is 1. The quantitative estimate of drug-likeness (QED) is 0.125. The first-order chi connectivity index (χ1) is 30.3. The minimum absolute atomic E-state index is 0.0465. The topological polar surface area (TPSA) is 126 Å². The van der Waals surface area contributed by atoms with Crippen LogP contribution in [0.15, 0.2) is 73.2 Å². The van der Waals surface area contributed by atoms with Crippen LogP contribution in [0.3, 0.4) is 0 Å². The molecule has 3 aliphatic heterocycles. The summed E-state index contributed by atoms with van der Waals surface area (Å²) in [5.74, 6) is -1.23. The van der Waals surface area contributed by atoms with Gasteiger partial charge in [-0.25, -0.2) is 24.1 Å². The van der Waals surface area contributed by atoms with Gasteiger partial charge in [0.25, 0.3) is 0 Å². The fraction of sp³-hybridized carbons (Fsp3) is 0.356. The first-order valence-electron chi connectivity index (χ1n) is 20.4. The largest absolute Gasteiger partial charge is 0.487 e. The third kappa shape index (κ3) is 10.4. The Labute approximate surface area is 370 Å². The molecule has 12 nitrogen and oxygen atoms in total. The highest BCUT2D eigenvalue weighted by Gasteiger charge is 2.30. The van der Waals surface area contributed by atoms with Crippen molar-refractivity contribution in [2.75, 3.05) is 64.4 Å². The van der Waals surface area contributed by atoms with Gasteiger partial charge < -0.3 is 29.1 Å². The van der Waals surface area contributed by atoms with Crippen LogP contribution in [0.2, 0.25) is 5.02 Å². The Balaban J connectivity index is 1.20. The van der Waals surface area contributed by atoms with Crippen LogP contribution in [0.1, 0.15) is 28.8 Å². The molecular formula is C45H44ClF4N7O5S. The summed E-state index contributed by atoms with van der Waals surface area (Å²) in [5.41, 5.74) is 5.62. The number of thiophene rings is 1. The van der Waals surface area contributed by atoms with Crippen molar-refractivity contribution in [3.05, 3.63) is 106 Å². The number of carboxylic acid groups (broad SMARTS) is 1. The molecule has 1 saturated heterocycles. The number of ether oxygens (including phenoxy) is 3. The molecule has 0 unspecified atom stereocenters. The van der Waals surface area contributed by atoms with Gasteiger partial charge in [0.05, 0.1) is 28.2 Å². The van der Waals surface area contributed by atoms with E-state index in [0.717, 1.165) is 65.5 Å². The lowest BCUT2D eigenvalue weighted by Gasteiger charge is -2.35. The van der Waals surface area contributed by atoms with Crippen molar-refractivity contribution in [1.29, 1.82) is 0 Å². The average molecular weight is 906 g/mol. The summed E-state index contributed by atoms with van der Waals surface area (Å²) in [6.45, 7) is 7.19. The number of benzene rings is 3. The van der Waals surface area contributed by atoms with Crippen LogP contribution in [-0.4, -0.2) is 113 Å². The van der Waals surface area contributed by atoms with Gasteiger partial charge in [0.1, 0.15) is 35.9 Å². The van der Waals surface area contributed by atoms with E-state index in [1.807, 2.05) is 31.2 Å². The summed E-state index contributed by atoms with van der Waals surface area (Å²) in [6.07, 6.45) is -3.87. The Morgan fingerprint density at radius 1 is 0.984 bits per heavy atom. The van der Waals surface area contributed by atoms with E-state index < -0.39 is 31.3 Å². The van der Waals surface area contributed by atoms with Gasteiger partial charge in [-0.05, 0) is 78.5 Å². The Morgan fingerprint density at radius 2 is 1.78 bits per heavy atom. The van der Waals surface area contributed by atoms with E-state index >= 15 is 0 Å². The first-order valence-corrected chi connectivity index (χ1v) is 21.6. The molecule has 9 rings (SSSR count). The van der Waals surface area contributed by atoms with Gasteiger partial charge in [-0.1, -0.05) is 41.9 Å². The molecule has 0 amide bonds. The molecule has 330 valence electrons. The van der Waals surface area contributed by atoms with Gasteiger partial charge >= 0.3 is 18.2 Å². The highest BCUT2D eigenvalue weighted by molar-refractivity contribution is 7.22. The third-order valence-corrected chi connectivity index (χ3v) is 12.9. The Bertz CT molecular complexity index is 2590. The van der Waals surface area contributed by atoms with Gasteiger partial charge in [0, 0.05) is 68.9 Å². The standard InChI is InChI=1S/C45H44ClF4N7O5S/c1-27-33-8-9-34(39(27)46)57(21-20-56-18-16-55(2)17-19-56)15-12-28-3-10-35(61-25-32-11-14-51-44(54-32)60-22-13-45(48,49)50)30(23-28)24-36(43(58)59)62-41-38-37(33)40(63-42(38)53-26-52-41)29-4-6-31(47)7-5-29/h3-11,14,23,26,36H,12-13,15-22,24-25H2,1-2H3,(H,58,59)/t36-/m1/s1. The summed E-state index contributed by atoms with van der Waals surface area (Å²) in [4.78, 5) is 38.7. The Kier molecular flexibility index (Phi) is 13.3. The number of anilines is 1. The number of carbonyl (C=O) groups is 1. The van der Waals surface area contributed by atoms with Crippen molar-refractivity contribution in [2.24, 2.45) is 0 Å². The number of fused-ring (bicyclic) bond motifs is 6. The molecular weight excluding hydrogens is 862 g/mol. The van der Waals surface area contributed by atoms with Gasteiger partial charge in [0.2, 0.25) is 12.0 Å². The number of carboxylic acids is 1. The molecule has 63 heavy (non-hydrogen) atoms. The van der Waals surface area contributed by atoms with Crippen molar-refractivity contribution in [1.82, 2.24) is 29.7 Å². The van der Waals surface area contributed by atoms with Crippen LogP contribution in [0.5, 0.6) is 17.6 Å². The minimum atomic E-state index is -4.39.